The van der Waals surface area contributed by atoms with E-state index in [1.165, 1.54) is 11.2 Å². The predicted octanol–water partition coefficient (Wildman–Crippen LogP) is 1.57. The normalized spacial score (nSPS) is 19.0. The molecular weight excluding hydrogens is 322 g/mol. The van der Waals surface area contributed by atoms with E-state index in [-0.39, 0.29) is 5.91 Å². The molecule has 1 amide bonds. The first-order chi connectivity index (χ1) is 10.4. The SMILES string of the molecule is COc1cccc(CCC(=O)N2CCSC[C@@H]2S(C)(=O)=O)c1. The smallest absolute Gasteiger partial charge is 0.224 e. The van der Waals surface area contributed by atoms with Crippen LogP contribution in [0.1, 0.15) is 12.0 Å². The monoisotopic (exact) mass is 343 g/mol. The van der Waals surface area contributed by atoms with E-state index >= 15 is 0 Å². The zero-order chi connectivity index (χ0) is 16.2. The van der Waals surface area contributed by atoms with Gasteiger partial charge in [0.05, 0.1) is 7.11 Å². The predicted molar refractivity (Wildman–Crippen MR) is 89.0 cm³/mol. The van der Waals surface area contributed by atoms with Crippen LogP contribution >= 0.6 is 11.8 Å². The van der Waals surface area contributed by atoms with Gasteiger partial charge >= 0.3 is 0 Å². The lowest BCUT2D eigenvalue weighted by Crippen LogP contribution is -2.49. The van der Waals surface area contributed by atoms with E-state index in [4.69, 9.17) is 4.74 Å². The Bertz CT molecular complexity index is 630. The van der Waals surface area contributed by atoms with Gasteiger partial charge in [0, 0.05) is 30.7 Å². The second-order valence-corrected chi connectivity index (χ2v) is 8.65. The van der Waals surface area contributed by atoms with Gasteiger partial charge in [0.2, 0.25) is 5.91 Å². The molecular formula is C15H21NO4S2. The van der Waals surface area contributed by atoms with Gasteiger partial charge in [0.15, 0.2) is 9.84 Å². The van der Waals surface area contributed by atoms with Gasteiger partial charge in [-0.1, -0.05) is 12.1 Å². The molecule has 7 heteroatoms. The highest BCUT2D eigenvalue weighted by molar-refractivity contribution is 8.00. The largest absolute Gasteiger partial charge is 0.497 e. The molecule has 0 radical (unpaired) electrons. The summed E-state index contributed by atoms with van der Waals surface area (Å²) in [5.74, 6) is 1.91. The van der Waals surface area contributed by atoms with E-state index in [0.717, 1.165) is 17.1 Å². The van der Waals surface area contributed by atoms with Crippen LogP contribution in [0.15, 0.2) is 24.3 Å². The molecule has 0 aliphatic carbocycles. The van der Waals surface area contributed by atoms with E-state index in [1.54, 1.807) is 18.9 Å². The van der Waals surface area contributed by atoms with Crippen molar-refractivity contribution >= 4 is 27.5 Å². The number of thioether (sulfide) groups is 1. The highest BCUT2D eigenvalue weighted by Gasteiger charge is 2.33. The second-order valence-electron chi connectivity index (χ2n) is 5.30. The summed E-state index contributed by atoms with van der Waals surface area (Å²) in [4.78, 5) is 13.9. The Balaban J connectivity index is 2.01. The maximum absolute atomic E-state index is 12.4. The molecule has 0 saturated carbocycles. The van der Waals surface area contributed by atoms with Crippen molar-refractivity contribution in [3.05, 3.63) is 29.8 Å². The molecule has 0 aromatic heterocycles. The van der Waals surface area contributed by atoms with Crippen molar-refractivity contribution in [1.82, 2.24) is 4.90 Å². The topological polar surface area (TPSA) is 63.7 Å². The van der Waals surface area contributed by atoms with Crippen LogP contribution in [0.3, 0.4) is 0 Å². The third-order valence-electron chi connectivity index (χ3n) is 3.66. The van der Waals surface area contributed by atoms with Crippen molar-refractivity contribution in [2.24, 2.45) is 0 Å². The Morgan fingerprint density at radius 2 is 2.23 bits per heavy atom. The van der Waals surface area contributed by atoms with Crippen molar-refractivity contribution in [2.75, 3.05) is 31.4 Å². The molecule has 22 heavy (non-hydrogen) atoms. The van der Waals surface area contributed by atoms with Crippen LogP contribution < -0.4 is 4.74 Å². The van der Waals surface area contributed by atoms with Gasteiger partial charge in [0.1, 0.15) is 11.1 Å². The van der Waals surface area contributed by atoms with Crippen molar-refractivity contribution < 1.29 is 17.9 Å². The van der Waals surface area contributed by atoms with E-state index in [9.17, 15) is 13.2 Å². The molecule has 0 bridgehead atoms. The van der Waals surface area contributed by atoms with Crippen LogP contribution in [0.5, 0.6) is 5.75 Å². The van der Waals surface area contributed by atoms with Gasteiger partial charge in [-0.15, -0.1) is 0 Å². The number of carbonyl (C=O) groups excluding carboxylic acids is 1. The highest BCUT2D eigenvalue weighted by atomic mass is 32.2. The molecule has 1 aromatic carbocycles. The van der Waals surface area contributed by atoms with Crippen LogP contribution in [-0.4, -0.2) is 56.0 Å². The number of rotatable bonds is 5. The lowest BCUT2D eigenvalue weighted by atomic mass is 10.1. The summed E-state index contributed by atoms with van der Waals surface area (Å²) in [6.45, 7) is 0.499. The zero-order valence-electron chi connectivity index (χ0n) is 12.8. The first-order valence-electron chi connectivity index (χ1n) is 7.11. The Morgan fingerprint density at radius 3 is 2.91 bits per heavy atom. The van der Waals surface area contributed by atoms with Gasteiger partial charge in [-0.05, 0) is 24.1 Å². The molecule has 1 aromatic rings. The molecule has 122 valence electrons. The summed E-state index contributed by atoms with van der Waals surface area (Å²) in [5.41, 5.74) is 1.01. The first-order valence-corrected chi connectivity index (χ1v) is 10.2. The molecule has 1 fully saturated rings. The van der Waals surface area contributed by atoms with Crippen LogP contribution in [0.4, 0.5) is 0 Å². The number of benzene rings is 1. The average Bonchev–Trinajstić information content (AvgIpc) is 2.52. The van der Waals surface area contributed by atoms with Crippen molar-refractivity contribution in [3.63, 3.8) is 0 Å². The fraction of sp³-hybridized carbons (Fsp3) is 0.533. The molecule has 1 heterocycles. The number of hydrogen-bond donors (Lipinski definition) is 0. The van der Waals surface area contributed by atoms with Gasteiger partial charge < -0.3 is 9.64 Å². The Labute approximate surface area is 135 Å². The third-order valence-corrected chi connectivity index (χ3v) is 6.30. The quantitative estimate of drug-likeness (QED) is 0.812. The lowest BCUT2D eigenvalue weighted by Gasteiger charge is -2.34. The summed E-state index contributed by atoms with van der Waals surface area (Å²) in [5, 5.41) is -0.691. The number of carbonyl (C=O) groups is 1. The molecule has 0 unspecified atom stereocenters. The zero-order valence-corrected chi connectivity index (χ0v) is 14.5. The van der Waals surface area contributed by atoms with Crippen LogP contribution in [0.25, 0.3) is 0 Å². The maximum Gasteiger partial charge on any atom is 0.224 e. The molecule has 2 rings (SSSR count). The average molecular weight is 343 g/mol. The minimum Gasteiger partial charge on any atom is -0.497 e. The fourth-order valence-corrected chi connectivity index (χ4v) is 5.28. The van der Waals surface area contributed by atoms with Gasteiger partial charge in [-0.3, -0.25) is 4.79 Å². The fourth-order valence-electron chi connectivity index (χ4n) is 2.44. The third kappa shape index (κ3) is 4.39. The molecule has 1 aliphatic heterocycles. The van der Waals surface area contributed by atoms with Crippen LogP contribution in [0.2, 0.25) is 0 Å². The maximum atomic E-state index is 12.4. The highest BCUT2D eigenvalue weighted by Crippen LogP contribution is 2.22. The van der Waals surface area contributed by atoms with Gasteiger partial charge in [0.25, 0.3) is 0 Å². The van der Waals surface area contributed by atoms with Crippen LogP contribution in [0, 0.1) is 0 Å². The van der Waals surface area contributed by atoms with Gasteiger partial charge in [-0.2, -0.15) is 11.8 Å². The first kappa shape index (κ1) is 17.1. The van der Waals surface area contributed by atoms with Crippen molar-refractivity contribution in [2.45, 2.75) is 18.2 Å². The number of ether oxygens (including phenoxy) is 1. The minimum absolute atomic E-state index is 0.0986. The van der Waals surface area contributed by atoms with Crippen molar-refractivity contribution in [3.8, 4) is 5.75 Å². The molecule has 0 N–H and O–H groups in total. The molecule has 1 atom stereocenters. The number of sulfone groups is 1. The van der Waals surface area contributed by atoms with Crippen molar-refractivity contribution in [1.29, 1.82) is 0 Å². The number of nitrogens with zero attached hydrogens (tertiary/aromatic N) is 1. The minimum atomic E-state index is -3.25. The van der Waals surface area contributed by atoms with E-state index in [1.807, 2.05) is 24.3 Å². The van der Waals surface area contributed by atoms with E-state index in [2.05, 4.69) is 0 Å². The molecule has 0 spiro atoms. The summed E-state index contributed by atoms with van der Waals surface area (Å²) >= 11 is 1.58. The number of aryl methyl sites for hydroxylation is 1. The number of amides is 1. The summed E-state index contributed by atoms with van der Waals surface area (Å²) in [6.07, 6.45) is 2.09. The summed E-state index contributed by atoms with van der Waals surface area (Å²) < 4.78 is 28.8. The van der Waals surface area contributed by atoms with Gasteiger partial charge in [-0.25, -0.2) is 8.42 Å². The number of methoxy groups -OCH3 is 1. The Morgan fingerprint density at radius 1 is 1.45 bits per heavy atom. The lowest BCUT2D eigenvalue weighted by molar-refractivity contribution is -0.131. The number of hydrogen-bond acceptors (Lipinski definition) is 5. The molecule has 1 saturated heterocycles. The Kier molecular flexibility index (Phi) is 5.74. The summed E-state index contributed by atoms with van der Waals surface area (Å²) in [6, 6.07) is 7.58. The standard InChI is InChI=1S/C15H21NO4S2/c1-20-13-5-3-4-12(10-13)6-7-14(17)16-8-9-21-11-15(16)22(2,18)19/h3-5,10,15H,6-9,11H2,1-2H3/t15-/m0/s1. The summed E-state index contributed by atoms with van der Waals surface area (Å²) in [7, 11) is -1.65. The second kappa shape index (κ2) is 7.37. The molecule has 1 aliphatic rings. The van der Waals surface area contributed by atoms with E-state index < -0.39 is 15.2 Å². The Hall–Kier alpha value is -1.21. The van der Waals surface area contributed by atoms with E-state index in [0.29, 0.717) is 25.1 Å². The van der Waals surface area contributed by atoms with Crippen LogP contribution in [-0.2, 0) is 21.1 Å². The molecule has 5 nitrogen and oxygen atoms in total.